The van der Waals surface area contributed by atoms with Crippen LogP contribution in [0.1, 0.15) is 51.2 Å². The van der Waals surface area contributed by atoms with Gasteiger partial charge in [-0.2, -0.15) is 0 Å². The number of hydrogen-bond acceptors (Lipinski definition) is 4. The van der Waals surface area contributed by atoms with E-state index >= 15 is 0 Å². The topological polar surface area (TPSA) is 84.6 Å². The minimum Gasteiger partial charge on any atom is -0.491 e. The molecule has 1 aromatic rings. The van der Waals surface area contributed by atoms with E-state index in [2.05, 4.69) is 5.32 Å². The molecule has 1 aliphatic rings. The van der Waals surface area contributed by atoms with Crippen LogP contribution in [0.25, 0.3) is 0 Å². The smallest absolute Gasteiger partial charge is 0.240 e. The average molecular weight is 343 g/mol. The molecule has 2 rings (SSSR count). The van der Waals surface area contributed by atoms with Gasteiger partial charge in [-0.15, -0.1) is 12.4 Å². The van der Waals surface area contributed by atoms with Crippen molar-refractivity contribution in [3.05, 3.63) is 29.8 Å². The van der Waals surface area contributed by atoms with Crippen molar-refractivity contribution >= 4 is 18.3 Å². The third-order valence-corrected chi connectivity index (χ3v) is 4.02. The highest BCUT2D eigenvalue weighted by Crippen LogP contribution is 2.27. The summed E-state index contributed by atoms with van der Waals surface area (Å²) in [6, 6.07) is 7.30. The third-order valence-electron chi connectivity index (χ3n) is 4.02. The number of aliphatic hydroxyl groups is 1. The first-order chi connectivity index (χ1) is 10.4. The first kappa shape index (κ1) is 19.7. The number of benzene rings is 1. The quantitative estimate of drug-likeness (QED) is 0.740. The molecule has 0 spiro atoms. The lowest BCUT2D eigenvalue weighted by Gasteiger charge is -2.23. The predicted octanol–water partition coefficient (Wildman–Crippen LogP) is 2.32. The standard InChI is InChI=1S/C17H26N2O3.ClH/c1-12(2)22-14-7-5-6-13(10-14)15(20)11-19-16(21)17(18)8-3-4-9-17;/h5-7,10,12,15,20H,3-4,8-9,11,18H2,1-2H3,(H,19,21);1H. The van der Waals surface area contributed by atoms with Gasteiger partial charge in [-0.05, 0) is 44.4 Å². The van der Waals surface area contributed by atoms with Crippen molar-refractivity contribution in [3.63, 3.8) is 0 Å². The number of carbonyl (C=O) groups excluding carboxylic acids is 1. The van der Waals surface area contributed by atoms with E-state index in [1.807, 2.05) is 32.0 Å². The molecule has 23 heavy (non-hydrogen) atoms. The highest BCUT2D eigenvalue weighted by Gasteiger charge is 2.36. The number of rotatable bonds is 6. The monoisotopic (exact) mass is 342 g/mol. The van der Waals surface area contributed by atoms with Crippen LogP contribution in [-0.2, 0) is 4.79 Å². The van der Waals surface area contributed by atoms with Crippen molar-refractivity contribution in [2.45, 2.75) is 57.3 Å². The molecule has 0 bridgehead atoms. The van der Waals surface area contributed by atoms with E-state index in [4.69, 9.17) is 10.5 Å². The maximum Gasteiger partial charge on any atom is 0.240 e. The van der Waals surface area contributed by atoms with Gasteiger partial charge in [-0.1, -0.05) is 25.0 Å². The normalized spacial score (nSPS) is 17.4. The zero-order valence-electron chi connectivity index (χ0n) is 13.7. The Morgan fingerprint density at radius 3 is 2.65 bits per heavy atom. The maximum absolute atomic E-state index is 12.1. The van der Waals surface area contributed by atoms with Gasteiger partial charge < -0.3 is 20.9 Å². The molecule has 1 aromatic carbocycles. The van der Waals surface area contributed by atoms with Crippen LogP contribution in [0.3, 0.4) is 0 Å². The van der Waals surface area contributed by atoms with E-state index in [-0.39, 0.29) is 31.0 Å². The van der Waals surface area contributed by atoms with Crippen molar-refractivity contribution in [2.75, 3.05) is 6.54 Å². The summed E-state index contributed by atoms with van der Waals surface area (Å²) in [7, 11) is 0. The highest BCUT2D eigenvalue weighted by atomic mass is 35.5. The molecule has 5 nitrogen and oxygen atoms in total. The molecule has 1 amide bonds. The molecule has 1 aliphatic carbocycles. The number of halogens is 1. The Hall–Kier alpha value is -1.30. The molecule has 6 heteroatoms. The summed E-state index contributed by atoms with van der Waals surface area (Å²) in [5.41, 5.74) is 6.05. The van der Waals surface area contributed by atoms with Gasteiger partial charge in [0.1, 0.15) is 5.75 Å². The molecule has 0 aromatic heterocycles. The van der Waals surface area contributed by atoms with Gasteiger partial charge in [-0.3, -0.25) is 4.79 Å². The fourth-order valence-corrected chi connectivity index (χ4v) is 2.78. The Bertz CT molecular complexity index is 516. The molecule has 1 unspecified atom stereocenters. The number of carbonyl (C=O) groups is 1. The lowest BCUT2D eigenvalue weighted by molar-refractivity contribution is -0.126. The van der Waals surface area contributed by atoms with Gasteiger partial charge in [0, 0.05) is 6.54 Å². The van der Waals surface area contributed by atoms with E-state index < -0.39 is 11.6 Å². The van der Waals surface area contributed by atoms with Crippen LogP contribution >= 0.6 is 12.4 Å². The molecule has 0 saturated heterocycles. The van der Waals surface area contributed by atoms with Crippen LogP contribution in [0.4, 0.5) is 0 Å². The molecule has 0 heterocycles. The molecular weight excluding hydrogens is 316 g/mol. The number of nitrogens with two attached hydrogens (primary N) is 1. The molecule has 0 aliphatic heterocycles. The summed E-state index contributed by atoms with van der Waals surface area (Å²) in [5.74, 6) is 0.544. The molecule has 1 atom stereocenters. The van der Waals surface area contributed by atoms with Crippen molar-refractivity contribution in [2.24, 2.45) is 5.73 Å². The van der Waals surface area contributed by atoms with E-state index in [0.29, 0.717) is 18.6 Å². The summed E-state index contributed by atoms with van der Waals surface area (Å²) >= 11 is 0. The number of ether oxygens (including phenoxy) is 1. The molecule has 0 radical (unpaired) electrons. The van der Waals surface area contributed by atoms with Crippen molar-refractivity contribution in [1.29, 1.82) is 0 Å². The van der Waals surface area contributed by atoms with E-state index in [1.165, 1.54) is 0 Å². The van der Waals surface area contributed by atoms with Gasteiger partial charge in [-0.25, -0.2) is 0 Å². The summed E-state index contributed by atoms with van der Waals surface area (Å²) in [6.45, 7) is 4.06. The van der Waals surface area contributed by atoms with Crippen LogP contribution in [0.5, 0.6) is 5.75 Å². The lowest BCUT2D eigenvalue weighted by Crippen LogP contribution is -2.52. The largest absolute Gasteiger partial charge is 0.491 e. The molecular formula is C17H27ClN2O3. The van der Waals surface area contributed by atoms with Gasteiger partial charge in [0.05, 0.1) is 17.7 Å². The Labute approximate surface area is 144 Å². The molecule has 1 saturated carbocycles. The summed E-state index contributed by atoms with van der Waals surface area (Å²) in [5, 5.41) is 13.0. The fourth-order valence-electron chi connectivity index (χ4n) is 2.78. The van der Waals surface area contributed by atoms with Gasteiger partial charge in [0.25, 0.3) is 0 Å². The van der Waals surface area contributed by atoms with E-state index in [9.17, 15) is 9.90 Å². The molecule has 130 valence electrons. The predicted molar refractivity (Wildman–Crippen MR) is 92.8 cm³/mol. The highest BCUT2D eigenvalue weighted by molar-refractivity contribution is 5.86. The minimum atomic E-state index is -0.773. The zero-order chi connectivity index (χ0) is 16.2. The fraction of sp³-hybridized carbons (Fsp3) is 0.588. The van der Waals surface area contributed by atoms with E-state index in [1.54, 1.807) is 6.07 Å². The summed E-state index contributed by atoms with van der Waals surface area (Å²) in [6.07, 6.45) is 2.71. The summed E-state index contributed by atoms with van der Waals surface area (Å²) < 4.78 is 5.61. The number of amides is 1. The first-order valence-electron chi connectivity index (χ1n) is 7.92. The van der Waals surface area contributed by atoms with Crippen LogP contribution in [0.2, 0.25) is 0 Å². The molecule has 1 fully saturated rings. The first-order valence-corrected chi connectivity index (χ1v) is 7.92. The zero-order valence-corrected chi connectivity index (χ0v) is 14.6. The van der Waals surface area contributed by atoms with Crippen LogP contribution in [-0.4, -0.2) is 29.2 Å². The Kier molecular flexibility index (Phi) is 7.32. The number of aliphatic hydroxyl groups excluding tert-OH is 1. The Morgan fingerprint density at radius 1 is 1.39 bits per heavy atom. The van der Waals surface area contributed by atoms with Crippen molar-refractivity contribution in [3.8, 4) is 5.75 Å². The SMILES string of the molecule is CC(C)Oc1cccc(C(O)CNC(=O)C2(N)CCCC2)c1.Cl. The van der Waals surface area contributed by atoms with Gasteiger partial charge in [0.2, 0.25) is 5.91 Å². The van der Waals surface area contributed by atoms with Crippen molar-refractivity contribution in [1.82, 2.24) is 5.32 Å². The Balaban J connectivity index is 0.00000264. The van der Waals surface area contributed by atoms with Crippen molar-refractivity contribution < 1.29 is 14.6 Å². The second-order valence-electron chi connectivity index (χ2n) is 6.33. The van der Waals surface area contributed by atoms with E-state index in [0.717, 1.165) is 18.4 Å². The van der Waals surface area contributed by atoms with Crippen LogP contribution < -0.4 is 15.8 Å². The molecule has 4 N–H and O–H groups in total. The van der Waals surface area contributed by atoms with Crippen LogP contribution in [0.15, 0.2) is 24.3 Å². The van der Waals surface area contributed by atoms with Gasteiger partial charge in [0.15, 0.2) is 0 Å². The number of hydrogen-bond donors (Lipinski definition) is 3. The lowest BCUT2D eigenvalue weighted by atomic mass is 9.98. The Morgan fingerprint density at radius 2 is 2.04 bits per heavy atom. The maximum atomic E-state index is 12.1. The minimum absolute atomic E-state index is 0. The second-order valence-corrected chi connectivity index (χ2v) is 6.33. The van der Waals surface area contributed by atoms with Gasteiger partial charge >= 0.3 is 0 Å². The second kappa shape index (κ2) is 8.52. The third kappa shape index (κ3) is 5.37. The van der Waals surface area contributed by atoms with Crippen LogP contribution in [0, 0.1) is 0 Å². The number of nitrogens with one attached hydrogen (secondary N) is 1. The average Bonchev–Trinajstić information content (AvgIpc) is 2.92. The summed E-state index contributed by atoms with van der Waals surface area (Å²) in [4.78, 5) is 12.1.